The molecule has 0 fully saturated rings. The first kappa shape index (κ1) is 15.8. The molecule has 3 N–H and O–H groups in total. The lowest BCUT2D eigenvalue weighted by Gasteiger charge is -2.11. The van der Waals surface area contributed by atoms with Gasteiger partial charge in [0.1, 0.15) is 5.75 Å². The summed E-state index contributed by atoms with van der Waals surface area (Å²) in [5, 5.41) is 3.32. The normalized spacial score (nSPS) is 10.3. The second-order valence-electron chi connectivity index (χ2n) is 4.23. The lowest BCUT2D eigenvalue weighted by molar-refractivity contribution is 0.215. The molecule has 2 aromatic carbocycles. The van der Waals surface area contributed by atoms with Crippen LogP contribution in [0.4, 0.5) is 16.2 Å². The minimum Gasteiger partial charge on any atom is -0.410 e. The zero-order chi connectivity index (χ0) is 15.6. The van der Waals surface area contributed by atoms with Crippen LogP contribution < -0.4 is 15.8 Å². The standard InChI is InChI=1S/C14H11Cl3N2O2/c1-7-11(18)3-2-4-13(7)21-14(20)19-12-6-9(16)8(15)5-10(12)17/h2-6H,18H2,1H3,(H,19,20). The van der Waals surface area contributed by atoms with Gasteiger partial charge < -0.3 is 10.5 Å². The summed E-state index contributed by atoms with van der Waals surface area (Å²) < 4.78 is 5.19. The van der Waals surface area contributed by atoms with Gasteiger partial charge in [0.05, 0.1) is 20.8 Å². The number of ether oxygens (including phenoxy) is 1. The number of nitrogen functional groups attached to an aromatic ring is 1. The Kier molecular flexibility index (Phi) is 4.83. The second kappa shape index (κ2) is 6.43. The maximum absolute atomic E-state index is 11.9. The number of halogens is 3. The molecule has 0 saturated carbocycles. The molecule has 0 aliphatic rings. The van der Waals surface area contributed by atoms with Crippen LogP contribution in [-0.4, -0.2) is 6.09 Å². The number of hydrogen-bond acceptors (Lipinski definition) is 3. The first-order valence-electron chi connectivity index (χ1n) is 5.87. The Hall–Kier alpha value is -1.62. The summed E-state index contributed by atoms with van der Waals surface area (Å²) in [4.78, 5) is 11.9. The number of nitrogens with two attached hydrogens (primary N) is 1. The van der Waals surface area contributed by atoms with Crippen LogP contribution >= 0.6 is 34.8 Å². The fourth-order valence-corrected chi connectivity index (χ4v) is 2.19. The maximum atomic E-state index is 11.9. The minimum atomic E-state index is -0.705. The van der Waals surface area contributed by atoms with E-state index >= 15 is 0 Å². The van der Waals surface area contributed by atoms with Gasteiger partial charge in [0.25, 0.3) is 0 Å². The third kappa shape index (κ3) is 3.73. The van der Waals surface area contributed by atoms with Crippen molar-refractivity contribution in [1.29, 1.82) is 0 Å². The average molecular weight is 346 g/mol. The highest BCUT2D eigenvalue weighted by atomic mass is 35.5. The number of benzene rings is 2. The molecule has 4 nitrogen and oxygen atoms in total. The summed E-state index contributed by atoms with van der Waals surface area (Å²) in [5.41, 5.74) is 7.26. The van der Waals surface area contributed by atoms with Crippen LogP contribution in [0.5, 0.6) is 5.75 Å². The third-order valence-corrected chi connectivity index (χ3v) is 3.81. The Morgan fingerprint density at radius 1 is 1.14 bits per heavy atom. The molecule has 110 valence electrons. The predicted molar refractivity (Wildman–Crippen MR) is 86.7 cm³/mol. The molecule has 0 aromatic heterocycles. The van der Waals surface area contributed by atoms with Gasteiger partial charge in [0.15, 0.2) is 0 Å². The highest BCUT2D eigenvalue weighted by Crippen LogP contribution is 2.32. The number of nitrogens with one attached hydrogen (secondary N) is 1. The van der Waals surface area contributed by atoms with Gasteiger partial charge in [-0.05, 0) is 31.2 Å². The van der Waals surface area contributed by atoms with Crippen LogP contribution in [0, 0.1) is 6.92 Å². The molecule has 0 heterocycles. The Labute approximate surface area is 136 Å². The lowest BCUT2D eigenvalue weighted by atomic mass is 10.2. The minimum absolute atomic E-state index is 0.255. The van der Waals surface area contributed by atoms with Gasteiger partial charge in [-0.15, -0.1) is 0 Å². The molecule has 7 heteroatoms. The van der Waals surface area contributed by atoms with Gasteiger partial charge >= 0.3 is 6.09 Å². The number of amides is 1. The maximum Gasteiger partial charge on any atom is 0.417 e. The molecule has 2 rings (SSSR count). The molecule has 0 aliphatic heterocycles. The summed E-state index contributed by atoms with van der Waals surface area (Å²) in [6, 6.07) is 7.93. The van der Waals surface area contributed by atoms with E-state index in [-0.39, 0.29) is 10.0 Å². The molecule has 0 spiro atoms. The number of hydrogen-bond donors (Lipinski definition) is 2. The topological polar surface area (TPSA) is 64.3 Å². The first-order chi connectivity index (χ1) is 9.88. The van der Waals surface area contributed by atoms with Crippen molar-refractivity contribution in [2.24, 2.45) is 0 Å². The average Bonchev–Trinajstić information content (AvgIpc) is 2.41. The summed E-state index contributed by atoms with van der Waals surface area (Å²) in [6.07, 6.45) is -0.705. The van der Waals surface area contributed by atoms with E-state index in [1.807, 2.05) is 0 Å². The second-order valence-corrected chi connectivity index (χ2v) is 5.45. The molecule has 0 aliphatic carbocycles. The van der Waals surface area contributed by atoms with E-state index in [4.69, 9.17) is 45.3 Å². The summed E-state index contributed by atoms with van der Waals surface area (Å²) in [7, 11) is 0. The van der Waals surface area contributed by atoms with Crippen LogP contribution in [0.3, 0.4) is 0 Å². The predicted octanol–water partition coefficient (Wildman–Crippen LogP) is 5.15. The van der Waals surface area contributed by atoms with Crippen molar-refractivity contribution in [2.75, 3.05) is 11.1 Å². The van der Waals surface area contributed by atoms with Crippen LogP contribution in [-0.2, 0) is 0 Å². The van der Waals surface area contributed by atoms with E-state index in [0.29, 0.717) is 27.7 Å². The van der Waals surface area contributed by atoms with Crippen molar-refractivity contribution in [3.8, 4) is 5.75 Å². The molecule has 0 unspecified atom stereocenters. The zero-order valence-corrected chi connectivity index (χ0v) is 13.2. The number of carbonyl (C=O) groups excluding carboxylic acids is 1. The number of anilines is 2. The first-order valence-corrected chi connectivity index (χ1v) is 7.00. The van der Waals surface area contributed by atoms with Crippen molar-refractivity contribution >= 4 is 52.3 Å². The van der Waals surface area contributed by atoms with E-state index in [0.717, 1.165) is 0 Å². The molecule has 0 bridgehead atoms. The lowest BCUT2D eigenvalue weighted by Crippen LogP contribution is -2.17. The highest BCUT2D eigenvalue weighted by Gasteiger charge is 2.12. The van der Waals surface area contributed by atoms with E-state index < -0.39 is 6.09 Å². The fourth-order valence-electron chi connectivity index (χ4n) is 1.60. The Morgan fingerprint density at radius 2 is 1.81 bits per heavy atom. The number of rotatable bonds is 2. The van der Waals surface area contributed by atoms with Crippen LogP contribution in [0.25, 0.3) is 0 Å². The molecular formula is C14H11Cl3N2O2. The molecule has 0 atom stereocenters. The zero-order valence-electron chi connectivity index (χ0n) is 10.9. The van der Waals surface area contributed by atoms with Gasteiger partial charge in [0.2, 0.25) is 0 Å². The van der Waals surface area contributed by atoms with Crippen molar-refractivity contribution < 1.29 is 9.53 Å². The molecule has 2 aromatic rings. The Morgan fingerprint density at radius 3 is 2.52 bits per heavy atom. The highest BCUT2D eigenvalue weighted by molar-refractivity contribution is 6.44. The van der Waals surface area contributed by atoms with E-state index in [2.05, 4.69) is 5.32 Å². The largest absolute Gasteiger partial charge is 0.417 e. The monoisotopic (exact) mass is 344 g/mol. The van der Waals surface area contributed by atoms with E-state index in [1.54, 1.807) is 25.1 Å². The van der Waals surface area contributed by atoms with E-state index in [1.165, 1.54) is 12.1 Å². The van der Waals surface area contributed by atoms with Crippen molar-refractivity contribution in [3.05, 3.63) is 51.0 Å². The summed E-state index contributed by atoms with van der Waals surface area (Å²) >= 11 is 17.7. The third-order valence-electron chi connectivity index (χ3n) is 2.78. The van der Waals surface area contributed by atoms with Crippen LogP contribution in [0.2, 0.25) is 15.1 Å². The molecule has 1 amide bonds. The van der Waals surface area contributed by atoms with Crippen LogP contribution in [0.15, 0.2) is 30.3 Å². The molecular weight excluding hydrogens is 335 g/mol. The summed E-state index contributed by atoms with van der Waals surface area (Å²) in [5.74, 6) is 0.365. The van der Waals surface area contributed by atoms with Gasteiger partial charge in [-0.3, -0.25) is 5.32 Å². The van der Waals surface area contributed by atoms with Gasteiger partial charge in [0, 0.05) is 11.3 Å². The van der Waals surface area contributed by atoms with Crippen molar-refractivity contribution in [3.63, 3.8) is 0 Å². The van der Waals surface area contributed by atoms with E-state index in [9.17, 15) is 4.79 Å². The summed E-state index contributed by atoms with van der Waals surface area (Å²) in [6.45, 7) is 1.75. The van der Waals surface area contributed by atoms with Gasteiger partial charge in [-0.2, -0.15) is 0 Å². The number of carbonyl (C=O) groups is 1. The Balaban J connectivity index is 2.16. The molecule has 0 radical (unpaired) electrons. The van der Waals surface area contributed by atoms with Crippen molar-refractivity contribution in [1.82, 2.24) is 0 Å². The molecule has 0 saturated heterocycles. The van der Waals surface area contributed by atoms with Crippen LogP contribution in [0.1, 0.15) is 5.56 Å². The fraction of sp³-hybridized carbons (Fsp3) is 0.0714. The van der Waals surface area contributed by atoms with Gasteiger partial charge in [-0.25, -0.2) is 4.79 Å². The molecule has 21 heavy (non-hydrogen) atoms. The van der Waals surface area contributed by atoms with Gasteiger partial charge in [-0.1, -0.05) is 40.9 Å². The van der Waals surface area contributed by atoms with Crippen molar-refractivity contribution in [2.45, 2.75) is 6.92 Å². The Bertz CT molecular complexity index is 705. The smallest absolute Gasteiger partial charge is 0.410 e. The quantitative estimate of drug-likeness (QED) is 0.584. The SMILES string of the molecule is Cc1c(N)cccc1OC(=O)Nc1cc(Cl)c(Cl)cc1Cl.